The first-order chi connectivity index (χ1) is 12.1. The van der Waals surface area contributed by atoms with Crippen LogP contribution in [0.1, 0.15) is 36.0 Å². The van der Waals surface area contributed by atoms with Crippen LogP contribution >= 0.6 is 0 Å². The fourth-order valence-electron chi connectivity index (χ4n) is 4.29. The molecule has 6 nitrogen and oxygen atoms in total. The van der Waals surface area contributed by atoms with Gasteiger partial charge in [0, 0.05) is 25.4 Å². The molecule has 2 N–H and O–H groups in total. The average Bonchev–Trinajstić information content (AvgIpc) is 3.30. The minimum Gasteiger partial charge on any atom is -0.393 e. The molecular weight excluding hydrogens is 318 g/mol. The van der Waals surface area contributed by atoms with E-state index in [1.807, 2.05) is 35.2 Å². The van der Waals surface area contributed by atoms with Crippen LogP contribution in [-0.2, 0) is 4.74 Å². The summed E-state index contributed by atoms with van der Waals surface area (Å²) in [6.07, 6.45) is 4.31. The van der Waals surface area contributed by atoms with E-state index in [1.165, 1.54) is 0 Å². The first-order valence-electron chi connectivity index (χ1n) is 8.77. The average molecular weight is 341 g/mol. The Morgan fingerprint density at radius 3 is 2.80 bits per heavy atom. The molecule has 4 rings (SSSR count). The lowest BCUT2D eigenvalue weighted by Crippen LogP contribution is -2.52. The Morgan fingerprint density at radius 2 is 2.12 bits per heavy atom. The molecule has 0 bridgehead atoms. The lowest BCUT2D eigenvalue weighted by molar-refractivity contribution is -0.0824. The number of nitrogens with one attached hydrogen (secondary N) is 1. The van der Waals surface area contributed by atoms with Crippen LogP contribution in [0.4, 0.5) is 0 Å². The van der Waals surface area contributed by atoms with Gasteiger partial charge in [0.15, 0.2) is 0 Å². The van der Waals surface area contributed by atoms with Crippen LogP contribution < -0.4 is 0 Å². The third kappa shape index (κ3) is 2.75. The third-order valence-corrected chi connectivity index (χ3v) is 5.77. The molecular formula is C19H23N3O3. The van der Waals surface area contributed by atoms with Crippen molar-refractivity contribution in [2.45, 2.75) is 43.4 Å². The van der Waals surface area contributed by atoms with Gasteiger partial charge in [-0.2, -0.15) is 5.10 Å². The Bertz CT molecular complexity index is 744. The minimum atomic E-state index is -0.357. The Morgan fingerprint density at radius 1 is 1.32 bits per heavy atom. The van der Waals surface area contributed by atoms with E-state index >= 15 is 0 Å². The van der Waals surface area contributed by atoms with Gasteiger partial charge in [0.1, 0.15) is 0 Å². The fraction of sp³-hybridized carbons (Fsp3) is 0.474. The number of hydrogen-bond donors (Lipinski definition) is 2. The van der Waals surface area contributed by atoms with Crippen molar-refractivity contribution in [1.82, 2.24) is 15.1 Å². The number of carbonyl (C=O) groups excluding carboxylic acids is 1. The van der Waals surface area contributed by atoms with Gasteiger partial charge in [0.05, 0.1) is 23.4 Å². The fourth-order valence-corrected chi connectivity index (χ4v) is 4.29. The monoisotopic (exact) mass is 341 g/mol. The van der Waals surface area contributed by atoms with Crippen LogP contribution in [0.15, 0.2) is 36.5 Å². The summed E-state index contributed by atoms with van der Waals surface area (Å²) in [4.78, 5) is 14.9. The van der Waals surface area contributed by atoms with Gasteiger partial charge >= 0.3 is 0 Å². The maximum atomic E-state index is 13.0. The second-order valence-electron chi connectivity index (χ2n) is 7.01. The number of likely N-dealkylation sites (tertiary alicyclic amines) is 1. The number of aliphatic hydroxyl groups is 1. The highest BCUT2D eigenvalue weighted by molar-refractivity contribution is 5.95. The maximum Gasteiger partial charge on any atom is 0.254 e. The molecule has 3 atom stereocenters. The molecule has 0 unspecified atom stereocenters. The van der Waals surface area contributed by atoms with Gasteiger partial charge in [-0.05, 0) is 49.4 Å². The zero-order valence-corrected chi connectivity index (χ0v) is 14.3. The molecule has 6 heteroatoms. The van der Waals surface area contributed by atoms with Crippen LogP contribution in [0.25, 0.3) is 11.3 Å². The van der Waals surface area contributed by atoms with Crippen LogP contribution in [0.5, 0.6) is 0 Å². The molecule has 2 fully saturated rings. The van der Waals surface area contributed by atoms with Gasteiger partial charge in [-0.25, -0.2) is 0 Å². The summed E-state index contributed by atoms with van der Waals surface area (Å²) in [5, 5.41) is 16.9. The van der Waals surface area contributed by atoms with Crippen molar-refractivity contribution >= 4 is 5.91 Å². The van der Waals surface area contributed by atoms with Crippen LogP contribution in [0.2, 0.25) is 0 Å². The molecule has 2 aliphatic rings. The zero-order valence-electron chi connectivity index (χ0n) is 14.3. The van der Waals surface area contributed by atoms with Crippen LogP contribution in [0.3, 0.4) is 0 Å². The van der Waals surface area contributed by atoms with Crippen LogP contribution in [-0.4, -0.2) is 57.5 Å². The number of benzene rings is 1. The topological polar surface area (TPSA) is 78.5 Å². The number of ether oxygens (including phenoxy) is 1. The summed E-state index contributed by atoms with van der Waals surface area (Å²) in [6, 6.07) is 9.40. The van der Waals surface area contributed by atoms with E-state index in [4.69, 9.17) is 4.74 Å². The van der Waals surface area contributed by atoms with Crippen molar-refractivity contribution in [3.63, 3.8) is 0 Å². The van der Waals surface area contributed by atoms with E-state index in [9.17, 15) is 9.90 Å². The number of fused-ring (bicyclic) bond motifs is 1. The number of carbonyl (C=O) groups is 1. The first-order valence-corrected chi connectivity index (χ1v) is 8.77. The Labute approximate surface area is 146 Å². The third-order valence-electron chi connectivity index (χ3n) is 5.77. The number of methoxy groups -OCH3 is 1. The molecule has 0 radical (unpaired) electrons. The van der Waals surface area contributed by atoms with Gasteiger partial charge in [0.2, 0.25) is 0 Å². The highest BCUT2D eigenvalue weighted by Crippen LogP contribution is 2.42. The normalized spacial score (nSPS) is 28.8. The lowest BCUT2D eigenvalue weighted by atomic mass is 9.79. The number of aliphatic hydroxyl groups excluding tert-OH is 1. The van der Waals surface area contributed by atoms with Crippen molar-refractivity contribution in [2.75, 3.05) is 13.7 Å². The molecule has 1 aromatic heterocycles. The number of rotatable bonds is 3. The highest BCUT2D eigenvalue weighted by atomic mass is 16.5. The van der Waals surface area contributed by atoms with Crippen molar-refractivity contribution in [2.24, 2.45) is 0 Å². The van der Waals surface area contributed by atoms with E-state index in [1.54, 1.807) is 13.3 Å². The number of aromatic nitrogens is 2. The van der Waals surface area contributed by atoms with Crippen molar-refractivity contribution in [3.8, 4) is 11.3 Å². The quantitative estimate of drug-likeness (QED) is 0.897. The van der Waals surface area contributed by atoms with Gasteiger partial charge in [-0.1, -0.05) is 12.1 Å². The smallest absolute Gasteiger partial charge is 0.254 e. The Hall–Kier alpha value is -2.18. The van der Waals surface area contributed by atoms with Crippen molar-refractivity contribution < 1.29 is 14.6 Å². The predicted octanol–water partition coefficient (Wildman–Crippen LogP) is 2.22. The summed E-state index contributed by atoms with van der Waals surface area (Å²) in [5.41, 5.74) is 2.28. The molecule has 1 aromatic carbocycles. The summed E-state index contributed by atoms with van der Waals surface area (Å²) >= 11 is 0. The molecule has 2 aromatic rings. The Kier molecular flexibility index (Phi) is 4.09. The van der Waals surface area contributed by atoms with E-state index in [-0.39, 0.29) is 23.7 Å². The second kappa shape index (κ2) is 6.28. The van der Waals surface area contributed by atoms with E-state index in [0.717, 1.165) is 30.5 Å². The summed E-state index contributed by atoms with van der Waals surface area (Å²) in [6.45, 7) is 0.673. The molecule has 1 aliphatic heterocycles. The predicted molar refractivity (Wildman–Crippen MR) is 93.1 cm³/mol. The van der Waals surface area contributed by atoms with E-state index in [0.29, 0.717) is 18.5 Å². The molecule has 1 saturated heterocycles. The van der Waals surface area contributed by atoms with Crippen molar-refractivity contribution in [1.29, 1.82) is 0 Å². The lowest BCUT2D eigenvalue weighted by Gasteiger charge is -2.42. The molecule has 132 valence electrons. The number of nitrogens with zero attached hydrogens (tertiary/aromatic N) is 2. The molecule has 25 heavy (non-hydrogen) atoms. The Balaban J connectivity index is 1.56. The van der Waals surface area contributed by atoms with Gasteiger partial charge in [-0.3, -0.25) is 9.89 Å². The number of H-pyrrole nitrogens is 1. The molecule has 1 aliphatic carbocycles. The minimum absolute atomic E-state index is 0.00851. The first kappa shape index (κ1) is 16.3. The molecule has 0 spiro atoms. The van der Waals surface area contributed by atoms with E-state index in [2.05, 4.69) is 10.2 Å². The summed E-state index contributed by atoms with van der Waals surface area (Å²) in [7, 11) is 1.72. The summed E-state index contributed by atoms with van der Waals surface area (Å²) < 4.78 is 5.82. The highest BCUT2D eigenvalue weighted by Gasteiger charge is 2.52. The van der Waals surface area contributed by atoms with Crippen molar-refractivity contribution in [3.05, 3.63) is 42.1 Å². The van der Waals surface area contributed by atoms with Gasteiger partial charge in [0.25, 0.3) is 5.91 Å². The molecule has 2 heterocycles. The van der Waals surface area contributed by atoms with Gasteiger partial charge in [-0.15, -0.1) is 0 Å². The van der Waals surface area contributed by atoms with E-state index < -0.39 is 0 Å². The summed E-state index contributed by atoms with van der Waals surface area (Å²) in [5.74, 6) is 0.00851. The largest absolute Gasteiger partial charge is 0.393 e. The number of amides is 1. The van der Waals surface area contributed by atoms with Crippen LogP contribution in [0, 0.1) is 0 Å². The molecule has 1 saturated carbocycles. The van der Waals surface area contributed by atoms with Gasteiger partial charge < -0.3 is 14.7 Å². The maximum absolute atomic E-state index is 13.0. The number of aromatic amines is 1. The second-order valence-corrected chi connectivity index (χ2v) is 7.01. The molecule has 1 amide bonds. The standard InChI is InChI=1S/C19H23N3O3/c1-25-19-8-6-15(23)12-17(19)22(11-9-19)18(24)14-4-2-13(3-5-14)16-7-10-20-21-16/h2-5,7,10,15,17,23H,6,8-9,11-12H2,1H3,(H,20,21)/t15-,17-,19+/m0/s1. The number of hydrogen-bond acceptors (Lipinski definition) is 4. The zero-order chi connectivity index (χ0) is 17.4. The SMILES string of the molecule is CO[C@@]12CC[C@H](O)C[C@@H]1N(C(=O)c1ccc(-c3ccn[nH]3)cc1)CC2.